The van der Waals surface area contributed by atoms with Gasteiger partial charge in [0.15, 0.2) is 0 Å². The molecule has 0 N–H and O–H groups in total. The van der Waals surface area contributed by atoms with Gasteiger partial charge in [0, 0.05) is 0 Å². The van der Waals surface area contributed by atoms with Crippen LogP contribution in [-0.2, 0) is 0 Å². The van der Waals surface area contributed by atoms with Crippen molar-refractivity contribution in [2.24, 2.45) is 0 Å². The molecule has 0 heterocycles. The zero-order valence-corrected chi connectivity index (χ0v) is 7.59. The average molecular weight is 168 g/mol. The standard InChI is InChI=1S/C13H12/c1-2-5-11-9-13-7-3-6-12(13)8-10(11)4-1/h1,3-4,6-8H,2,5,9H2. The van der Waals surface area contributed by atoms with Crippen molar-refractivity contribution in [3.8, 4) is 0 Å². The first-order valence-corrected chi connectivity index (χ1v) is 4.91. The van der Waals surface area contributed by atoms with Crippen LogP contribution >= 0.6 is 0 Å². The average Bonchev–Trinajstić information content (AvgIpc) is 2.61. The summed E-state index contributed by atoms with van der Waals surface area (Å²) in [5.41, 5.74) is 6.02. The van der Waals surface area contributed by atoms with Crippen LogP contribution in [0, 0.1) is 0 Å². The summed E-state index contributed by atoms with van der Waals surface area (Å²) in [5, 5.41) is 0. The number of allylic oxidation sites excluding steroid dienone is 10. The van der Waals surface area contributed by atoms with Crippen molar-refractivity contribution in [3.63, 3.8) is 0 Å². The van der Waals surface area contributed by atoms with E-state index in [-0.39, 0.29) is 0 Å². The third-order valence-corrected chi connectivity index (χ3v) is 2.98. The highest BCUT2D eigenvalue weighted by atomic mass is 14.2. The molecule has 0 heteroatoms. The van der Waals surface area contributed by atoms with Crippen molar-refractivity contribution in [3.05, 3.63) is 58.7 Å². The first-order valence-electron chi connectivity index (χ1n) is 4.91. The molecule has 0 nitrogen and oxygen atoms in total. The second-order valence-corrected chi connectivity index (χ2v) is 3.83. The lowest BCUT2D eigenvalue weighted by Gasteiger charge is -2.20. The number of rotatable bonds is 0. The van der Waals surface area contributed by atoms with Crippen LogP contribution in [0.5, 0.6) is 0 Å². The van der Waals surface area contributed by atoms with E-state index in [1.165, 1.54) is 36.0 Å². The molecule has 0 aromatic carbocycles. The van der Waals surface area contributed by atoms with E-state index in [1.807, 2.05) is 0 Å². The van der Waals surface area contributed by atoms with E-state index in [0.717, 1.165) is 0 Å². The largest absolute Gasteiger partial charge is 0.0836 e. The van der Waals surface area contributed by atoms with Crippen LogP contribution in [-0.4, -0.2) is 0 Å². The first-order chi connectivity index (χ1) is 6.43. The predicted molar refractivity (Wildman–Crippen MR) is 55.3 cm³/mol. The van der Waals surface area contributed by atoms with Crippen LogP contribution in [0.1, 0.15) is 19.3 Å². The number of fused-ring (bicyclic) bond motifs is 1. The van der Waals surface area contributed by atoms with Crippen molar-refractivity contribution < 1.29 is 0 Å². The normalized spacial score (nSPS) is 24.0. The topological polar surface area (TPSA) is 0 Å². The van der Waals surface area contributed by atoms with E-state index in [4.69, 9.17) is 0 Å². The summed E-state index contributed by atoms with van der Waals surface area (Å²) in [6.45, 7) is 0. The smallest absolute Gasteiger partial charge is 0.00520 e. The van der Waals surface area contributed by atoms with Gasteiger partial charge in [-0.25, -0.2) is 0 Å². The van der Waals surface area contributed by atoms with E-state index in [1.54, 1.807) is 5.57 Å². The Morgan fingerprint density at radius 2 is 2.15 bits per heavy atom. The van der Waals surface area contributed by atoms with Crippen LogP contribution in [0.2, 0.25) is 0 Å². The van der Waals surface area contributed by atoms with E-state index >= 15 is 0 Å². The lowest BCUT2D eigenvalue weighted by Crippen LogP contribution is -2.01. The minimum absolute atomic E-state index is 1.18. The zero-order chi connectivity index (χ0) is 8.67. The monoisotopic (exact) mass is 168 g/mol. The predicted octanol–water partition coefficient (Wildman–Crippen LogP) is 3.46. The van der Waals surface area contributed by atoms with Crippen molar-refractivity contribution in [1.29, 1.82) is 0 Å². The number of hydrogen-bond acceptors (Lipinski definition) is 0. The summed E-state index contributed by atoms with van der Waals surface area (Å²) in [7, 11) is 0. The molecule has 13 heavy (non-hydrogen) atoms. The molecule has 64 valence electrons. The highest BCUT2D eigenvalue weighted by Gasteiger charge is 2.17. The Morgan fingerprint density at radius 3 is 3.15 bits per heavy atom. The fourth-order valence-corrected chi connectivity index (χ4v) is 2.24. The maximum absolute atomic E-state index is 2.32. The molecular formula is C13H12. The summed E-state index contributed by atoms with van der Waals surface area (Å²) in [6.07, 6.45) is 17.1. The molecule has 0 saturated heterocycles. The molecule has 0 aromatic heterocycles. The van der Waals surface area contributed by atoms with Crippen molar-refractivity contribution in [2.75, 3.05) is 0 Å². The minimum Gasteiger partial charge on any atom is -0.0836 e. The van der Waals surface area contributed by atoms with Gasteiger partial charge in [0.1, 0.15) is 0 Å². The van der Waals surface area contributed by atoms with Gasteiger partial charge in [0.2, 0.25) is 0 Å². The van der Waals surface area contributed by atoms with Gasteiger partial charge < -0.3 is 0 Å². The maximum Gasteiger partial charge on any atom is -0.00520 e. The number of hydrogen-bond donors (Lipinski definition) is 0. The third kappa shape index (κ3) is 1.06. The van der Waals surface area contributed by atoms with Gasteiger partial charge in [-0.15, -0.1) is 0 Å². The van der Waals surface area contributed by atoms with E-state index in [0.29, 0.717) is 0 Å². The van der Waals surface area contributed by atoms with Gasteiger partial charge in [0.25, 0.3) is 0 Å². The van der Waals surface area contributed by atoms with Gasteiger partial charge in [-0.3, -0.25) is 0 Å². The van der Waals surface area contributed by atoms with E-state index < -0.39 is 0 Å². The second kappa shape index (κ2) is 2.59. The van der Waals surface area contributed by atoms with E-state index in [2.05, 4.69) is 36.5 Å². The third-order valence-electron chi connectivity index (χ3n) is 2.98. The summed E-state index contributed by atoms with van der Waals surface area (Å²) in [6, 6.07) is 0. The molecular weight excluding hydrogens is 156 g/mol. The van der Waals surface area contributed by atoms with E-state index in [9.17, 15) is 0 Å². The highest BCUT2D eigenvalue weighted by molar-refractivity contribution is 5.59. The summed E-state index contributed by atoms with van der Waals surface area (Å²) in [5.74, 6) is 0. The first kappa shape index (κ1) is 7.14. The highest BCUT2D eigenvalue weighted by Crippen LogP contribution is 2.36. The molecule has 0 bridgehead atoms. The fraction of sp³-hybridized carbons (Fsp3) is 0.231. The minimum atomic E-state index is 1.18. The molecule has 3 aliphatic carbocycles. The molecule has 3 aliphatic rings. The Bertz CT molecular complexity index is 398. The van der Waals surface area contributed by atoms with Crippen molar-refractivity contribution in [2.45, 2.75) is 19.3 Å². The Balaban J connectivity index is 2.08. The van der Waals surface area contributed by atoms with Crippen LogP contribution < -0.4 is 0 Å². The fourth-order valence-electron chi connectivity index (χ4n) is 2.24. The molecule has 0 unspecified atom stereocenters. The summed E-state index contributed by atoms with van der Waals surface area (Å²) in [4.78, 5) is 0. The van der Waals surface area contributed by atoms with Gasteiger partial charge in [-0.05, 0) is 42.1 Å². The summed E-state index contributed by atoms with van der Waals surface area (Å²) < 4.78 is 0. The van der Waals surface area contributed by atoms with Gasteiger partial charge in [-0.2, -0.15) is 0 Å². The molecule has 0 atom stereocenters. The van der Waals surface area contributed by atoms with Crippen LogP contribution in [0.3, 0.4) is 0 Å². The molecule has 0 spiro atoms. The molecule has 0 fully saturated rings. The SMILES string of the molecule is C1=CC2=CC3=C(CCC=C3)CC2=C1. The van der Waals surface area contributed by atoms with Crippen molar-refractivity contribution >= 4 is 0 Å². The quantitative estimate of drug-likeness (QED) is 0.519. The summed E-state index contributed by atoms with van der Waals surface area (Å²) >= 11 is 0. The molecule has 0 saturated carbocycles. The lowest BCUT2D eigenvalue weighted by molar-refractivity contribution is 0.889. The Morgan fingerprint density at radius 1 is 1.15 bits per heavy atom. The van der Waals surface area contributed by atoms with Crippen LogP contribution in [0.15, 0.2) is 58.7 Å². The molecule has 0 aromatic rings. The lowest BCUT2D eigenvalue weighted by atomic mass is 9.85. The zero-order valence-electron chi connectivity index (χ0n) is 7.59. The van der Waals surface area contributed by atoms with Gasteiger partial charge in [-0.1, -0.05) is 36.0 Å². The van der Waals surface area contributed by atoms with Crippen LogP contribution in [0.25, 0.3) is 0 Å². The molecule has 0 radical (unpaired) electrons. The second-order valence-electron chi connectivity index (χ2n) is 3.83. The van der Waals surface area contributed by atoms with Gasteiger partial charge in [0.05, 0.1) is 0 Å². The Kier molecular flexibility index (Phi) is 1.42. The Hall–Kier alpha value is -1.30. The van der Waals surface area contributed by atoms with Crippen molar-refractivity contribution in [1.82, 2.24) is 0 Å². The molecule has 3 rings (SSSR count). The van der Waals surface area contributed by atoms with Crippen LogP contribution in [0.4, 0.5) is 0 Å². The molecule has 0 amide bonds. The molecule has 0 aliphatic heterocycles. The Labute approximate surface area is 78.7 Å². The maximum atomic E-state index is 2.32. The van der Waals surface area contributed by atoms with Gasteiger partial charge >= 0.3 is 0 Å².